The van der Waals surface area contributed by atoms with Crippen molar-refractivity contribution in [2.24, 2.45) is 9.98 Å². The number of hydrogen-bond acceptors (Lipinski definition) is 9. The highest BCUT2D eigenvalue weighted by Gasteiger charge is 2.21. The van der Waals surface area contributed by atoms with Crippen LogP contribution in [-0.2, 0) is 28.7 Å². The normalized spacial score (nSPS) is 11.8. The molecule has 2 amide bonds. The second-order valence-electron chi connectivity index (χ2n) is 5.70. The predicted octanol–water partition coefficient (Wildman–Crippen LogP) is 0.381. The lowest BCUT2D eigenvalue weighted by Gasteiger charge is -2.16. The maximum Gasteiger partial charge on any atom is 0.331 e. The summed E-state index contributed by atoms with van der Waals surface area (Å²) in [6.07, 6.45) is 5.60. The SMILES string of the molecule is COC(=O)C(CCCCNC(=O)NC(CCCCN=C=O)C(=O)OC)N=C=O. The molecule has 2 atom stereocenters. The van der Waals surface area contributed by atoms with Crippen molar-refractivity contribution in [3.8, 4) is 0 Å². The molecule has 0 rings (SSSR count). The number of unbranched alkanes of at least 4 members (excludes halogenated alkanes) is 2. The molecule has 28 heavy (non-hydrogen) atoms. The van der Waals surface area contributed by atoms with Crippen molar-refractivity contribution in [3.63, 3.8) is 0 Å². The standard InChI is InChI=1S/C17H26N4O7/c1-27-15(24)13(20-12-23)7-4-6-10-19-17(26)21-14(16(25)28-2)8-3-5-9-18-11-22/h13-14H,3-10H2,1-2H3,(H2,19,21,26). The van der Waals surface area contributed by atoms with Gasteiger partial charge in [-0.3, -0.25) is 0 Å². The predicted molar refractivity (Wildman–Crippen MR) is 97.0 cm³/mol. The molecule has 0 aromatic carbocycles. The van der Waals surface area contributed by atoms with Gasteiger partial charge in [0.1, 0.15) is 6.04 Å². The minimum absolute atomic E-state index is 0.291. The summed E-state index contributed by atoms with van der Waals surface area (Å²) in [5.74, 6) is -1.18. The van der Waals surface area contributed by atoms with Crippen molar-refractivity contribution in [1.82, 2.24) is 10.6 Å². The molecule has 0 fully saturated rings. The summed E-state index contributed by atoms with van der Waals surface area (Å²) in [4.78, 5) is 62.1. The van der Waals surface area contributed by atoms with Crippen LogP contribution < -0.4 is 10.6 Å². The molecule has 0 aromatic heterocycles. The Morgan fingerprint density at radius 1 is 0.929 bits per heavy atom. The molecule has 0 heterocycles. The van der Waals surface area contributed by atoms with Crippen molar-refractivity contribution in [1.29, 1.82) is 0 Å². The second kappa shape index (κ2) is 16.2. The van der Waals surface area contributed by atoms with Gasteiger partial charge in [0.05, 0.1) is 20.8 Å². The number of isocyanates is 2. The smallest absolute Gasteiger partial charge is 0.331 e. The van der Waals surface area contributed by atoms with Crippen LogP contribution in [-0.4, -0.2) is 69.5 Å². The summed E-state index contributed by atoms with van der Waals surface area (Å²) in [6.45, 7) is 0.608. The number of ether oxygens (including phenoxy) is 2. The summed E-state index contributed by atoms with van der Waals surface area (Å²) >= 11 is 0. The lowest BCUT2D eigenvalue weighted by atomic mass is 10.1. The summed E-state index contributed by atoms with van der Waals surface area (Å²) in [5.41, 5.74) is 0. The van der Waals surface area contributed by atoms with Gasteiger partial charge in [-0.25, -0.2) is 29.0 Å². The summed E-state index contributed by atoms with van der Waals surface area (Å²) in [5, 5.41) is 5.13. The molecule has 11 nitrogen and oxygen atoms in total. The molecule has 11 heteroatoms. The maximum atomic E-state index is 11.9. The molecule has 0 aromatic rings. The van der Waals surface area contributed by atoms with Crippen LogP contribution in [0.2, 0.25) is 0 Å². The highest BCUT2D eigenvalue weighted by atomic mass is 16.5. The molecule has 0 aliphatic heterocycles. The van der Waals surface area contributed by atoms with Gasteiger partial charge in [0, 0.05) is 6.54 Å². The number of rotatable bonds is 14. The Labute approximate surface area is 163 Å². The fraction of sp³-hybridized carbons (Fsp3) is 0.706. The molecular formula is C17H26N4O7. The molecule has 0 spiro atoms. The number of nitrogens with one attached hydrogen (secondary N) is 2. The fourth-order valence-electron chi connectivity index (χ4n) is 2.28. The van der Waals surface area contributed by atoms with E-state index in [9.17, 15) is 24.0 Å². The van der Waals surface area contributed by atoms with Gasteiger partial charge in [-0.2, -0.15) is 4.99 Å². The van der Waals surface area contributed by atoms with E-state index in [0.717, 1.165) is 0 Å². The number of amides is 2. The van der Waals surface area contributed by atoms with E-state index in [4.69, 9.17) is 0 Å². The van der Waals surface area contributed by atoms with Crippen molar-refractivity contribution < 1.29 is 33.4 Å². The molecule has 0 bridgehead atoms. The number of nitrogens with zero attached hydrogens (tertiary/aromatic N) is 2. The van der Waals surface area contributed by atoms with Crippen LogP contribution in [0.1, 0.15) is 38.5 Å². The average Bonchev–Trinajstić information content (AvgIpc) is 2.70. The Balaban J connectivity index is 4.22. The molecule has 0 saturated carbocycles. The van der Waals surface area contributed by atoms with Gasteiger partial charge >= 0.3 is 18.0 Å². The van der Waals surface area contributed by atoms with Crippen molar-refractivity contribution in [2.75, 3.05) is 27.3 Å². The highest BCUT2D eigenvalue weighted by Crippen LogP contribution is 2.06. The first-order chi connectivity index (χ1) is 13.5. The minimum Gasteiger partial charge on any atom is -0.467 e. The number of carbonyl (C=O) groups is 3. The van der Waals surface area contributed by atoms with E-state index in [2.05, 4.69) is 30.1 Å². The Hall–Kier alpha value is -3.03. The monoisotopic (exact) mass is 398 g/mol. The van der Waals surface area contributed by atoms with E-state index in [-0.39, 0.29) is 0 Å². The zero-order valence-electron chi connectivity index (χ0n) is 16.1. The lowest BCUT2D eigenvalue weighted by molar-refractivity contribution is -0.143. The van der Waals surface area contributed by atoms with Gasteiger partial charge in [-0.15, -0.1) is 0 Å². The van der Waals surface area contributed by atoms with Gasteiger partial charge < -0.3 is 20.1 Å². The average molecular weight is 398 g/mol. The first kappa shape index (κ1) is 25.0. The first-order valence-electron chi connectivity index (χ1n) is 8.80. The van der Waals surface area contributed by atoms with E-state index in [0.29, 0.717) is 51.6 Å². The van der Waals surface area contributed by atoms with Crippen LogP contribution in [0.25, 0.3) is 0 Å². The molecule has 2 N–H and O–H groups in total. The van der Waals surface area contributed by atoms with Crippen molar-refractivity contribution >= 4 is 30.1 Å². The first-order valence-corrected chi connectivity index (χ1v) is 8.80. The quantitative estimate of drug-likeness (QED) is 0.186. The van der Waals surface area contributed by atoms with E-state index in [1.165, 1.54) is 26.4 Å². The number of urea groups is 1. The van der Waals surface area contributed by atoms with Gasteiger partial charge in [0.15, 0.2) is 6.04 Å². The van der Waals surface area contributed by atoms with Gasteiger partial charge in [-0.05, 0) is 38.5 Å². The van der Waals surface area contributed by atoms with E-state index in [1.807, 2.05) is 0 Å². The van der Waals surface area contributed by atoms with Crippen LogP contribution in [0.3, 0.4) is 0 Å². The Kier molecular flexibility index (Phi) is 14.4. The number of carbonyl (C=O) groups excluding carboxylic acids is 5. The number of esters is 2. The van der Waals surface area contributed by atoms with Crippen LogP contribution in [0.15, 0.2) is 9.98 Å². The topological polar surface area (TPSA) is 153 Å². The van der Waals surface area contributed by atoms with Crippen molar-refractivity contribution in [2.45, 2.75) is 50.6 Å². The van der Waals surface area contributed by atoms with Crippen molar-refractivity contribution in [3.05, 3.63) is 0 Å². The fourth-order valence-corrected chi connectivity index (χ4v) is 2.28. The highest BCUT2D eigenvalue weighted by molar-refractivity contribution is 5.83. The zero-order chi connectivity index (χ0) is 21.2. The molecule has 0 aliphatic rings. The van der Waals surface area contributed by atoms with Gasteiger partial charge in [0.25, 0.3) is 0 Å². The largest absolute Gasteiger partial charge is 0.467 e. The van der Waals surface area contributed by atoms with Gasteiger partial charge in [0.2, 0.25) is 12.2 Å². The summed E-state index contributed by atoms with van der Waals surface area (Å²) in [6, 6.07) is -2.24. The second-order valence-corrected chi connectivity index (χ2v) is 5.70. The third-order valence-corrected chi connectivity index (χ3v) is 3.74. The number of hydrogen-bond donors (Lipinski definition) is 2. The van der Waals surface area contributed by atoms with Crippen LogP contribution in [0.4, 0.5) is 4.79 Å². The molecule has 2 unspecified atom stereocenters. The van der Waals surface area contributed by atoms with Gasteiger partial charge in [-0.1, -0.05) is 0 Å². The zero-order valence-corrected chi connectivity index (χ0v) is 16.1. The van der Waals surface area contributed by atoms with E-state index < -0.39 is 30.1 Å². The van der Waals surface area contributed by atoms with E-state index in [1.54, 1.807) is 0 Å². The summed E-state index contributed by atoms with van der Waals surface area (Å²) in [7, 11) is 2.43. The number of aliphatic imine (C=N–C) groups is 2. The molecule has 0 saturated heterocycles. The van der Waals surface area contributed by atoms with E-state index >= 15 is 0 Å². The molecule has 0 aliphatic carbocycles. The van der Waals surface area contributed by atoms with Crippen LogP contribution >= 0.6 is 0 Å². The Morgan fingerprint density at radius 3 is 2.21 bits per heavy atom. The summed E-state index contributed by atoms with van der Waals surface area (Å²) < 4.78 is 9.19. The Morgan fingerprint density at radius 2 is 1.61 bits per heavy atom. The molecular weight excluding hydrogens is 372 g/mol. The minimum atomic E-state index is -0.899. The lowest BCUT2D eigenvalue weighted by Crippen LogP contribution is -2.46. The Bertz CT molecular complexity index is 598. The van der Waals surface area contributed by atoms with Crippen LogP contribution in [0, 0.1) is 0 Å². The third kappa shape index (κ3) is 11.6. The van der Waals surface area contributed by atoms with Crippen LogP contribution in [0.5, 0.6) is 0 Å². The number of methoxy groups -OCH3 is 2. The molecule has 0 radical (unpaired) electrons. The third-order valence-electron chi connectivity index (χ3n) is 3.74. The maximum absolute atomic E-state index is 11.9. The molecule has 156 valence electrons.